The Kier molecular flexibility index (Phi) is 4.36. The van der Waals surface area contributed by atoms with Gasteiger partial charge in [0.05, 0.1) is 12.2 Å². The van der Waals surface area contributed by atoms with Crippen LogP contribution in [0.1, 0.15) is 17.3 Å². The average molecular weight is 260 g/mol. The summed E-state index contributed by atoms with van der Waals surface area (Å²) in [5, 5.41) is 7.40. The van der Waals surface area contributed by atoms with Crippen LogP contribution in [0.3, 0.4) is 0 Å². The Bertz CT molecular complexity index is 510. The molecule has 0 fully saturated rings. The number of hydrogen-bond donors (Lipinski definition) is 1. The lowest BCUT2D eigenvalue weighted by molar-refractivity contribution is 0.0957. The van der Waals surface area contributed by atoms with Crippen LogP contribution >= 0.6 is 0 Å². The van der Waals surface area contributed by atoms with Gasteiger partial charge < -0.3 is 5.11 Å². The van der Waals surface area contributed by atoms with Gasteiger partial charge in [-0.25, -0.2) is 12.8 Å². The monoisotopic (exact) mass is 260 g/mol. The molecule has 0 unspecified atom stereocenters. The van der Waals surface area contributed by atoms with Crippen molar-refractivity contribution in [3.63, 3.8) is 0 Å². The number of carbonyl (C=O) groups is 1. The molecule has 0 heterocycles. The van der Waals surface area contributed by atoms with Crippen molar-refractivity contribution < 1.29 is 22.7 Å². The van der Waals surface area contributed by atoms with E-state index in [1.54, 1.807) is 0 Å². The molecule has 0 aliphatic rings. The highest BCUT2D eigenvalue weighted by molar-refractivity contribution is 7.92. The summed E-state index contributed by atoms with van der Waals surface area (Å²) < 4.78 is 36.4. The molecule has 0 amide bonds. The first-order valence-corrected chi connectivity index (χ1v) is 6.76. The van der Waals surface area contributed by atoms with Crippen molar-refractivity contribution in [1.82, 2.24) is 0 Å². The van der Waals surface area contributed by atoms with Gasteiger partial charge in [-0.15, -0.1) is 0 Å². The molecule has 1 aromatic rings. The van der Waals surface area contributed by atoms with E-state index in [0.29, 0.717) is 0 Å². The number of carbonyl (C=O) groups excluding carboxylic acids is 1. The third-order valence-corrected chi connectivity index (χ3v) is 4.47. The van der Waals surface area contributed by atoms with E-state index in [1.807, 2.05) is 0 Å². The smallest absolute Gasteiger partial charge is 0.186 e. The van der Waals surface area contributed by atoms with Gasteiger partial charge in [-0.1, -0.05) is 19.1 Å². The number of hydrogen-bond acceptors (Lipinski definition) is 4. The molecule has 0 saturated carbocycles. The summed E-state index contributed by atoms with van der Waals surface area (Å²) >= 11 is 0. The van der Waals surface area contributed by atoms with Gasteiger partial charge in [-0.05, 0) is 12.1 Å². The van der Waals surface area contributed by atoms with Crippen LogP contribution in [0.15, 0.2) is 24.3 Å². The molecular weight excluding hydrogens is 247 g/mol. The lowest BCUT2D eigenvalue weighted by atomic mass is 10.1. The number of Topliss-reactive ketones (excluding diaryl/α,β-unsaturated/α-hetero) is 1. The van der Waals surface area contributed by atoms with Gasteiger partial charge >= 0.3 is 0 Å². The molecule has 4 nitrogen and oxygen atoms in total. The normalized spacial score (nSPS) is 13.4. The van der Waals surface area contributed by atoms with Gasteiger partial charge in [0.25, 0.3) is 0 Å². The van der Waals surface area contributed by atoms with Crippen LogP contribution in [0.4, 0.5) is 4.39 Å². The largest absolute Gasteiger partial charge is 0.395 e. The highest BCUT2D eigenvalue weighted by Crippen LogP contribution is 2.14. The molecule has 1 atom stereocenters. The van der Waals surface area contributed by atoms with Gasteiger partial charge in [-0.2, -0.15) is 0 Å². The van der Waals surface area contributed by atoms with Crippen LogP contribution in [0, 0.1) is 5.82 Å². The van der Waals surface area contributed by atoms with Gasteiger partial charge in [-0.3, -0.25) is 4.79 Å². The van der Waals surface area contributed by atoms with Gasteiger partial charge in [0.2, 0.25) is 0 Å². The van der Waals surface area contributed by atoms with Crippen molar-refractivity contribution in [3.05, 3.63) is 35.6 Å². The summed E-state index contributed by atoms with van der Waals surface area (Å²) in [6, 6.07) is 5.10. The van der Waals surface area contributed by atoms with E-state index in [9.17, 15) is 17.6 Å². The molecular formula is C11H13FO4S. The molecule has 0 spiro atoms. The summed E-state index contributed by atoms with van der Waals surface area (Å²) in [5.41, 5.74) is -0.316. The van der Waals surface area contributed by atoms with E-state index in [-0.39, 0.29) is 11.3 Å². The molecule has 0 aromatic heterocycles. The van der Waals surface area contributed by atoms with Crippen LogP contribution in [0.2, 0.25) is 0 Å². The van der Waals surface area contributed by atoms with E-state index in [2.05, 4.69) is 0 Å². The molecule has 94 valence electrons. The molecule has 0 aliphatic carbocycles. The van der Waals surface area contributed by atoms with Gasteiger partial charge in [0.15, 0.2) is 15.6 Å². The maximum atomic E-state index is 13.3. The number of aliphatic hydroxyl groups is 1. The van der Waals surface area contributed by atoms with Crippen LogP contribution in [-0.4, -0.2) is 36.9 Å². The standard InChI is InChI=1S/C11H13FO4S/c1-2-17(15,16)10(7-13)11(14)8-5-3-4-6-9(8)12/h3-6,10,13H,2,7H2,1H3/t10-/m1/s1. The Morgan fingerprint density at radius 1 is 1.41 bits per heavy atom. The number of halogens is 1. The van der Waals surface area contributed by atoms with Crippen LogP contribution < -0.4 is 0 Å². The summed E-state index contributed by atoms with van der Waals surface area (Å²) in [6.45, 7) is 0.524. The van der Waals surface area contributed by atoms with E-state index in [0.717, 1.165) is 6.07 Å². The van der Waals surface area contributed by atoms with Crippen molar-refractivity contribution in [3.8, 4) is 0 Å². The molecule has 0 saturated heterocycles. The zero-order chi connectivity index (χ0) is 13.1. The SMILES string of the molecule is CCS(=O)(=O)[C@H](CO)C(=O)c1ccccc1F. The topological polar surface area (TPSA) is 71.4 Å². The van der Waals surface area contributed by atoms with E-state index >= 15 is 0 Å². The third-order valence-electron chi connectivity index (χ3n) is 2.43. The number of benzene rings is 1. The maximum Gasteiger partial charge on any atom is 0.186 e. The quantitative estimate of drug-likeness (QED) is 0.795. The fourth-order valence-electron chi connectivity index (χ4n) is 1.40. The Hall–Kier alpha value is -1.27. The minimum absolute atomic E-state index is 0.279. The predicted molar refractivity (Wildman–Crippen MR) is 61.1 cm³/mol. The fraction of sp³-hybridized carbons (Fsp3) is 0.364. The first-order chi connectivity index (χ1) is 7.94. The Labute approximate surface area is 99.0 Å². The van der Waals surface area contributed by atoms with Gasteiger partial charge in [0, 0.05) is 5.75 Å². The third kappa shape index (κ3) is 2.89. The van der Waals surface area contributed by atoms with E-state index < -0.39 is 33.3 Å². The Morgan fingerprint density at radius 2 is 2.00 bits per heavy atom. The molecule has 1 aromatic carbocycles. The first-order valence-electron chi connectivity index (χ1n) is 5.05. The second-order valence-electron chi connectivity index (χ2n) is 3.47. The van der Waals surface area contributed by atoms with Crippen molar-refractivity contribution in [2.24, 2.45) is 0 Å². The number of aliphatic hydroxyl groups excluding tert-OH is 1. The van der Waals surface area contributed by atoms with Crippen molar-refractivity contribution in [2.75, 3.05) is 12.4 Å². The summed E-state index contributed by atoms with van der Waals surface area (Å²) in [5.74, 6) is -1.98. The number of sulfone groups is 1. The summed E-state index contributed by atoms with van der Waals surface area (Å²) in [7, 11) is -3.74. The first kappa shape index (κ1) is 13.8. The fourth-order valence-corrected chi connectivity index (χ4v) is 2.48. The molecule has 6 heteroatoms. The van der Waals surface area contributed by atoms with Crippen molar-refractivity contribution >= 4 is 15.6 Å². The van der Waals surface area contributed by atoms with Crippen molar-refractivity contribution in [1.29, 1.82) is 0 Å². The van der Waals surface area contributed by atoms with Crippen LogP contribution in [0.5, 0.6) is 0 Å². The molecule has 1 N–H and O–H groups in total. The summed E-state index contributed by atoms with van der Waals surface area (Å²) in [4.78, 5) is 11.8. The number of rotatable bonds is 5. The molecule has 0 aliphatic heterocycles. The summed E-state index contributed by atoms with van der Waals surface area (Å²) in [6.07, 6.45) is 0. The van der Waals surface area contributed by atoms with E-state index in [4.69, 9.17) is 5.11 Å². The second-order valence-corrected chi connectivity index (χ2v) is 5.94. The predicted octanol–water partition coefficient (Wildman–Crippen LogP) is 0.804. The minimum atomic E-state index is -3.74. The second kappa shape index (κ2) is 5.37. The highest BCUT2D eigenvalue weighted by Gasteiger charge is 2.32. The van der Waals surface area contributed by atoms with Crippen molar-refractivity contribution in [2.45, 2.75) is 12.2 Å². The van der Waals surface area contributed by atoms with Crippen LogP contribution in [-0.2, 0) is 9.84 Å². The minimum Gasteiger partial charge on any atom is -0.395 e. The molecule has 0 radical (unpaired) electrons. The molecule has 0 bridgehead atoms. The lowest BCUT2D eigenvalue weighted by Crippen LogP contribution is -2.35. The maximum absolute atomic E-state index is 13.3. The average Bonchev–Trinajstić information content (AvgIpc) is 2.30. The van der Waals surface area contributed by atoms with Gasteiger partial charge in [0.1, 0.15) is 11.1 Å². The van der Waals surface area contributed by atoms with E-state index in [1.165, 1.54) is 25.1 Å². The molecule has 17 heavy (non-hydrogen) atoms. The highest BCUT2D eigenvalue weighted by atomic mass is 32.2. The molecule has 1 rings (SSSR count). The van der Waals surface area contributed by atoms with Crippen LogP contribution in [0.25, 0.3) is 0 Å². The zero-order valence-corrected chi connectivity index (χ0v) is 10.1. The Morgan fingerprint density at radius 3 is 2.47 bits per heavy atom. The zero-order valence-electron chi connectivity index (χ0n) is 9.26. The lowest BCUT2D eigenvalue weighted by Gasteiger charge is -2.13. The Balaban J connectivity index is 3.16. The number of ketones is 1.